The first-order valence-corrected chi connectivity index (χ1v) is 7.62. The third-order valence-corrected chi connectivity index (χ3v) is 3.86. The van der Waals surface area contributed by atoms with Crippen LogP contribution in [0.4, 0.5) is 0 Å². The molecule has 1 N–H and O–H groups in total. The highest BCUT2D eigenvalue weighted by molar-refractivity contribution is 5.93. The fraction of sp³-hybridized carbons (Fsp3) is 0.353. The van der Waals surface area contributed by atoms with Crippen molar-refractivity contribution in [3.8, 4) is 5.75 Å². The molecule has 7 heteroatoms. The Hall–Kier alpha value is -2.83. The number of hydrogen-bond acceptors (Lipinski definition) is 6. The Labute approximate surface area is 138 Å². The van der Waals surface area contributed by atoms with Crippen LogP contribution in [0.1, 0.15) is 50.9 Å². The van der Waals surface area contributed by atoms with Crippen LogP contribution in [0.15, 0.2) is 28.8 Å². The molecule has 0 aliphatic heterocycles. The van der Waals surface area contributed by atoms with E-state index in [1.165, 1.54) is 14.2 Å². The molecule has 0 saturated heterocycles. The zero-order chi connectivity index (χ0) is 17.1. The molecule has 3 rings (SSSR count). The summed E-state index contributed by atoms with van der Waals surface area (Å²) in [5.74, 6) is 0.773. The minimum absolute atomic E-state index is 0.248. The van der Waals surface area contributed by atoms with Crippen molar-refractivity contribution in [2.45, 2.75) is 25.3 Å². The largest absolute Gasteiger partial charge is 0.496 e. The summed E-state index contributed by atoms with van der Waals surface area (Å²) in [6.07, 6.45) is 2.16. The number of esters is 1. The summed E-state index contributed by atoms with van der Waals surface area (Å²) >= 11 is 0. The van der Waals surface area contributed by atoms with Gasteiger partial charge in [0.25, 0.3) is 5.91 Å². The molecule has 1 aliphatic carbocycles. The third-order valence-electron chi connectivity index (χ3n) is 3.86. The Bertz CT molecular complexity index is 764. The van der Waals surface area contributed by atoms with E-state index >= 15 is 0 Å². The minimum Gasteiger partial charge on any atom is -0.496 e. The zero-order valence-electron chi connectivity index (χ0n) is 13.5. The standard InChI is InChI=1S/C17H18N2O5/c1-22-14-6-3-10(7-12(14)17(21)23-2)9-18-16(20)13-8-15(24-19-13)11-4-5-11/h3,6-8,11H,4-5,9H2,1-2H3,(H,18,20). The summed E-state index contributed by atoms with van der Waals surface area (Å²) < 4.78 is 15.0. The first kappa shape index (κ1) is 16.0. The van der Waals surface area contributed by atoms with Gasteiger partial charge in [-0.15, -0.1) is 0 Å². The van der Waals surface area contributed by atoms with Crippen molar-refractivity contribution in [2.24, 2.45) is 0 Å². The van der Waals surface area contributed by atoms with Gasteiger partial charge in [-0.3, -0.25) is 4.79 Å². The van der Waals surface area contributed by atoms with Crippen LogP contribution in [-0.4, -0.2) is 31.3 Å². The topological polar surface area (TPSA) is 90.7 Å². The van der Waals surface area contributed by atoms with Crippen LogP contribution in [0.5, 0.6) is 5.75 Å². The number of carbonyl (C=O) groups excluding carboxylic acids is 2. The molecule has 0 spiro atoms. The first-order valence-electron chi connectivity index (χ1n) is 7.62. The lowest BCUT2D eigenvalue weighted by atomic mass is 10.1. The molecule has 7 nitrogen and oxygen atoms in total. The number of nitrogens with zero attached hydrogens (tertiary/aromatic N) is 1. The lowest BCUT2D eigenvalue weighted by Crippen LogP contribution is -2.23. The van der Waals surface area contributed by atoms with E-state index in [-0.39, 0.29) is 18.1 Å². The lowest BCUT2D eigenvalue weighted by Gasteiger charge is -2.09. The van der Waals surface area contributed by atoms with Gasteiger partial charge in [0.2, 0.25) is 0 Å². The number of hydrogen-bond donors (Lipinski definition) is 1. The maximum Gasteiger partial charge on any atom is 0.341 e. The van der Waals surface area contributed by atoms with Crippen LogP contribution in [0, 0.1) is 0 Å². The van der Waals surface area contributed by atoms with Crippen LogP contribution >= 0.6 is 0 Å². The van der Waals surface area contributed by atoms with Crippen molar-refractivity contribution in [3.63, 3.8) is 0 Å². The molecule has 0 unspecified atom stereocenters. The molecule has 1 aliphatic rings. The molecule has 0 bridgehead atoms. The molecule has 0 radical (unpaired) electrons. The molecule has 1 saturated carbocycles. The van der Waals surface area contributed by atoms with Crippen LogP contribution in [0.3, 0.4) is 0 Å². The Kier molecular flexibility index (Phi) is 4.50. The predicted octanol–water partition coefficient (Wildman–Crippen LogP) is 2.28. The highest BCUT2D eigenvalue weighted by Gasteiger charge is 2.28. The smallest absolute Gasteiger partial charge is 0.341 e. The maximum absolute atomic E-state index is 12.1. The third kappa shape index (κ3) is 3.40. The van der Waals surface area contributed by atoms with Gasteiger partial charge in [-0.05, 0) is 30.5 Å². The van der Waals surface area contributed by atoms with E-state index in [0.717, 1.165) is 24.2 Å². The second-order valence-corrected chi connectivity index (χ2v) is 5.60. The van der Waals surface area contributed by atoms with Crippen molar-refractivity contribution in [1.82, 2.24) is 10.5 Å². The molecule has 1 aromatic carbocycles. The van der Waals surface area contributed by atoms with Gasteiger partial charge in [0.15, 0.2) is 5.69 Å². The Morgan fingerprint density at radius 2 is 2.08 bits per heavy atom. The maximum atomic E-state index is 12.1. The highest BCUT2D eigenvalue weighted by Crippen LogP contribution is 2.40. The first-order chi connectivity index (χ1) is 11.6. The van der Waals surface area contributed by atoms with E-state index < -0.39 is 5.97 Å². The monoisotopic (exact) mass is 330 g/mol. The van der Waals surface area contributed by atoms with Gasteiger partial charge in [-0.25, -0.2) is 4.79 Å². The minimum atomic E-state index is -0.495. The van der Waals surface area contributed by atoms with Gasteiger partial charge < -0.3 is 19.3 Å². The normalized spacial score (nSPS) is 13.4. The van der Waals surface area contributed by atoms with Crippen molar-refractivity contribution < 1.29 is 23.6 Å². The van der Waals surface area contributed by atoms with Crippen LogP contribution in [0.25, 0.3) is 0 Å². The van der Waals surface area contributed by atoms with E-state index in [1.807, 2.05) is 0 Å². The van der Waals surface area contributed by atoms with E-state index in [4.69, 9.17) is 14.0 Å². The average Bonchev–Trinajstić information content (AvgIpc) is 3.35. The number of carbonyl (C=O) groups is 2. The summed E-state index contributed by atoms with van der Waals surface area (Å²) in [7, 11) is 2.78. The summed E-state index contributed by atoms with van der Waals surface area (Å²) in [6.45, 7) is 0.248. The van der Waals surface area contributed by atoms with E-state index in [2.05, 4.69) is 10.5 Å². The second kappa shape index (κ2) is 6.74. The number of benzene rings is 1. The van der Waals surface area contributed by atoms with Crippen molar-refractivity contribution in [2.75, 3.05) is 14.2 Å². The molecule has 126 valence electrons. The van der Waals surface area contributed by atoms with Gasteiger partial charge in [0.05, 0.1) is 14.2 Å². The van der Waals surface area contributed by atoms with Gasteiger partial charge >= 0.3 is 5.97 Å². The number of aromatic nitrogens is 1. The molecule has 1 fully saturated rings. The summed E-state index contributed by atoms with van der Waals surface area (Å²) in [5.41, 5.74) is 1.32. The summed E-state index contributed by atoms with van der Waals surface area (Å²) in [4.78, 5) is 23.9. The lowest BCUT2D eigenvalue weighted by molar-refractivity contribution is 0.0597. The molecule has 24 heavy (non-hydrogen) atoms. The van der Waals surface area contributed by atoms with Crippen LogP contribution in [-0.2, 0) is 11.3 Å². The predicted molar refractivity (Wildman–Crippen MR) is 84.0 cm³/mol. The number of methoxy groups -OCH3 is 2. The van der Waals surface area contributed by atoms with Gasteiger partial charge in [-0.2, -0.15) is 0 Å². The van der Waals surface area contributed by atoms with E-state index in [9.17, 15) is 9.59 Å². The molecule has 1 amide bonds. The summed E-state index contributed by atoms with van der Waals surface area (Å²) in [6, 6.07) is 6.74. The van der Waals surface area contributed by atoms with Gasteiger partial charge in [-0.1, -0.05) is 11.2 Å². The van der Waals surface area contributed by atoms with Gasteiger partial charge in [0, 0.05) is 18.5 Å². The van der Waals surface area contributed by atoms with Crippen molar-refractivity contribution in [3.05, 3.63) is 46.8 Å². The van der Waals surface area contributed by atoms with Crippen molar-refractivity contribution >= 4 is 11.9 Å². The molecular formula is C17H18N2O5. The van der Waals surface area contributed by atoms with Gasteiger partial charge in [0.1, 0.15) is 17.1 Å². The molecule has 2 aromatic rings. The SMILES string of the molecule is COC(=O)c1cc(CNC(=O)c2cc(C3CC3)on2)ccc1OC. The number of ether oxygens (including phenoxy) is 2. The fourth-order valence-electron chi connectivity index (χ4n) is 2.36. The zero-order valence-corrected chi connectivity index (χ0v) is 13.5. The molecule has 0 atom stereocenters. The number of rotatable bonds is 6. The van der Waals surface area contributed by atoms with Crippen LogP contribution in [0.2, 0.25) is 0 Å². The highest BCUT2D eigenvalue weighted by atomic mass is 16.5. The second-order valence-electron chi connectivity index (χ2n) is 5.60. The Balaban J connectivity index is 1.66. The van der Waals surface area contributed by atoms with E-state index in [0.29, 0.717) is 17.2 Å². The average molecular weight is 330 g/mol. The Morgan fingerprint density at radius 1 is 1.29 bits per heavy atom. The molecule has 1 heterocycles. The van der Waals surface area contributed by atoms with Crippen LogP contribution < -0.4 is 10.1 Å². The number of nitrogens with one attached hydrogen (secondary N) is 1. The molecular weight excluding hydrogens is 312 g/mol. The summed E-state index contributed by atoms with van der Waals surface area (Å²) in [5, 5.41) is 6.55. The van der Waals surface area contributed by atoms with Crippen molar-refractivity contribution in [1.29, 1.82) is 0 Å². The molecule has 1 aromatic heterocycles. The Morgan fingerprint density at radius 3 is 2.75 bits per heavy atom. The van der Waals surface area contributed by atoms with E-state index in [1.54, 1.807) is 24.3 Å². The quantitative estimate of drug-likeness (QED) is 0.817. The fourth-order valence-corrected chi connectivity index (χ4v) is 2.36. The number of amides is 1.